The van der Waals surface area contributed by atoms with Crippen LogP contribution in [0, 0.1) is 12.7 Å². The first-order chi connectivity index (χ1) is 10.2. The average molecular weight is 303 g/mol. The van der Waals surface area contributed by atoms with Crippen LogP contribution in [0.1, 0.15) is 18.1 Å². The van der Waals surface area contributed by atoms with Gasteiger partial charge in [-0.25, -0.2) is 4.39 Å². The molecule has 0 heterocycles. The van der Waals surface area contributed by atoms with Crippen LogP contribution in [0.5, 0.6) is 0 Å². The van der Waals surface area contributed by atoms with Gasteiger partial charge in [-0.15, -0.1) is 11.8 Å². The van der Waals surface area contributed by atoms with Crippen LogP contribution in [-0.2, 0) is 6.42 Å². The summed E-state index contributed by atoms with van der Waals surface area (Å²) in [6.07, 6.45) is 1.02. The zero-order valence-corrected chi connectivity index (χ0v) is 13.4. The van der Waals surface area contributed by atoms with Crippen molar-refractivity contribution in [2.75, 3.05) is 12.3 Å². The van der Waals surface area contributed by atoms with E-state index in [2.05, 4.69) is 43.4 Å². The van der Waals surface area contributed by atoms with E-state index in [1.165, 1.54) is 23.3 Å². The van der Waals surface area contributed by atoms with Crippen molar-refractivity contribution < 1.29 is 4.39 Å². The van der Waals surface area contributed by atoms with Crippen LogP contribution < -0.4 is 5.32 Å². The van der Waals surface area contributed by atoms with Crippen molar-refractivity contribution in [1.29, 1.82) is 0 Å². The molecule has 1 N–H and O–H groups in total. The lowest BCUT2D eigenvalue weighted by Crippen LogP contribution is -2.33. The van der Waals surface area contributed by atoms with E-state index >= 15 is 0 Å². The fourth-order valence-electron chi connectivity index (χ4n) is 2.33. The number of likely N-dealkylation sites (N-methyl/N-ethyl adjacent to an activating group) is 1. The summed E-state index contributed by atoms with van der Waals surface area (Å²) < 4.78 is 12.9. The summed E-state index contributed by atoms with van der Waals surface area (Å²) in [6, 6.07) is 15.8. The van der Waals surface area contributed by atoms with Crippen molar-refractivity contribution in [3.05, 3.63) is 65.5 Å². The molecule has 0 aliphatic heterocycles. The summed E-state index contributed by atoms with van der Waals surface area (Å²) in [7, 11) is 0. The normalized spacial score (nSPS) is 12.3. The molecule has 0 radical (unpaired) electrons. The minimum absolute atomic E-state index is 0.178. The monoisotopic (exact) mass is 303 g/mol. The maximum absolute atomic E-state index is 12.9. The minimum atomic E-state index is -0.178. The van der Waals surface area contributed by atoms with Gasteiger partial charge in [-0.3, -0.25) is 0 Å². The summed E-state index contributed by atoms with van der Waals surface area (Å²) in [5.41, 5.74) is 2.66. The quantitative estimate of drug-likeness (QED) is 0.759. The van der Waals surface area contributed by atoms with Crippen LogP contribution in [0.25, 0.3) is 0 Å². The maximum atomic E-state index is 12.9. The fourth-order valence-corrected chi connectivity index (χ4v) is 3.29. The smallest absolute Gasteiger partial charge is 0.123 e. The second-order valence-corrected chi connectivity index (χ2v) is 6.31. The fraction of sp³-hybridized carbons (Fsp3) is 0.333. The number of nitrogens with one attached hydrogen (secondary N) is 1. The van der Waals surface area contributed by atoms with Crippen LogP contribution in [0.4, 0.5) is 4.39 Å². The molecule has 1 unspecified atom stereocenters. The lowest BCUT2D eigenvalue weighted by atomic mass is 10.0. The number of hydrogen-bond donors (Lipinski definition) is 1. The highest BCUT2D eigenvalue weighted by atomic mass is 32.2. The van der Waals surface area contributed by atoms with Crippen molar-refractivity contribution >= 4 is 11.8 Å². The Morgan fingerprint density at radius 2 is 1.90 bits per heavy atom. The molecular weight excluding hydrogens is 281 g/mol. The molecule has 1 atom stereocenters. The Bertz CT molecular complexity index is 553. The van der Waals surface area contributed by atoms with E-state index in [-0.39, 0.29) is 5.82 Å². The Balaban J connectivity index is 1.93. The molecular formula is C18H22FNS. The summed E-state index contributed by atoms with van der Waals surface area (Å²) >= 11 is 1.77. The highest BCUT2D eigenvalue weighted by Crippen LogP contribution is 2.20. The van der Waals surface area contributed by atoms with Gasteiger partial charge < -0.3 is 5.32 Å². The Labute approximate surface area is 131 Å². The van der Waals surface area contributed by atoms with Gasteiger partial charge in [0.05, 0.1) is 0 Å². The number of benzene rings is 2. The molecule has 21 heavy (non-hydrogen) atoms. The Kier molecular flexibility index (Phi) is 6.27. The molecule has 0 spiro atoms. The van der Waals surface area contributed by atoms with E-state index in [4.69, 9.17) is 0 Å². The van der Waals surface area contributed by atoms with Crippen LogP contribution >= 0.6 is 11.8 Å². The molecule has 0 aromatic heterocycles. The third-order valence-electron chi connectivity index (χ3n) is 3.32. The predicted octanol–water partition coefficient (Wildman–Crippen LogP) is 4.45. The van der Waals surface area contributed by atoms with Gasteiger partial charge in [0, 0.05) is 16.7 Å². The molecule has 3 heteroatoms. The van der Waals surface area contributed by atoms with Crippen molar-refractivity contribution in [2.45, 2.75) is 31.2 Å². The molecule has 2 rings (SSSR count). The molecule has 2 aromatic rings. The van der Waals surface area contributed by atoms with Crippen LogP contribution in [0.15, 0.2) is 53.4 Å². The Hall–Kier alpha value is -1.32. The van der Waals surface area contributed by atoms with Crippen LogP contribution in [0.2, 0.25) is 0 Å². The van der Waals surface area contributed by atoms with Crippen molar-refractivity contribution in [1.82, 2.24) is 5.32 Å². The van der Waals surface area contributed by atoms with Gasteiger partial charge in [0.1, 0.15) is 5.82 Å². The highest BCUT2D eigenvalue weighted by Gasteiger charge is 2.09. The molecule has 0 fully saturated rings. The summed E-state index contributed by atoms with van der Waals surface area (Å²) in [5, 5.41) is 3.54. The zero-order chi connectivity index (χ0) is 15.1. The SMILES string of the molecule is CCNC(CSc1ccc(F)cc1)Cc1cccc(C)c1. The van der Waals surface area contributed by atoms with Crippen molar-refractivity contribution in [2.24, 2.45) is 0 Å². The lowest BCUT2D eigenvalue weighted by Gasteiger charge is -2.18. The molecule has 0 aliphatic rings. The number of thioether (sulfide) groups is 1. The topological polar surface area (TPSA) is 12.0 Å². The van der Waals surface area contributed by atoms with Crippen molar-refractivity contribution in [3.63, 3.8) is 0 Å². The molecule has 1 nitrogen and oxygen atoms in total. The summed E-state index contributed by atoms with van der Waals surface area (Å²) in [4.78, 5) is 1.11. The summed E-state index contributed by atoms with van der Waals surface area (Å²) in [6.45, 7) is 5.21. The largest absolute Gasteiger partial charge is 0.313 e. The standard InChI is InChI=1S/C18H22FNS/c1-3-20-17(12-15-6-4-5-14(2)11-15)13-21-18-9-7-16(19)8-10-18/h4-11,17,20H,3,12-13H2,1-2H3. The highest BCUT2D eigenvalue weighted by molar-refractivity contribution is 7.99. The first kappa shape index (κ1) is 16.1. The van der Waals surface area contributed by atoms with E-state index in [0.717, 1.165) is 23.6 Å². The third kappa shape index (κ3) is 5.52. The molecule has 0 saturated carbocycles. The average Bonchev–Trinajstić information content (AvgIpc) is 2.47. The van der Waals surface area contributed by atoms with Crippen molar-refractivity contribution in [3.8, 4) is 0 Å². The minimum Gasteiger partial charge on any atom is -0.313 e. The third-order valence-corrected chi connectivity index (χ3v) is 4.50. The lowest BCUT2D eigenvalue weighted by molar-refractivity contribution is 0.572. The zero-order valence-electron chi connectivity index (χ0n) is 12.6. The number of halogens is 1. The van der Waals surface area contributed by atoms with Gasteiger partial charge in [-0.1, -0.05) is 36.8 Å². The predicted molar refractivity (Wildman–Crippen MR) is 89.5 cm³/mol. The van der Waals surface area contributed by atoms with E-state index < -0.39 is 0 Å². The molecule has 0 aliphatic carbocycles. The number of hydrogen-bond acceptors (Lipinski definition) is 2. The Morgan fingerprint density at radius 1 is 1.14 bits per heavy atom. The number of rotatable bonds is 7. The van der Waals surface area contributed by atoms with E-state index in [0.29, 0.717) is 6.04 Å². The molecule has 0 bridgehead atoms. The molecule has 2 aromatic carbocycles. The second kappa shape index (κ2) is 8.20. The molecule has 0 saturated heterocycles. The van der Waals surface area contributed by atoms with Gasteiger partial charge in [0.25, 0.3) is 0 Å². The Morgan fingerprint density at radius 3 is 2.57 bits per heavy atom. The maximum Gasteiger partial charge on any atom is 0.123 e. The second-order valence-electron chi connectivity index (χ2n) is 5.21. The first-order valence-corrected chi connectivity index (χ1v) is 8.33. The van der Waals surface area contributed by atoms with Crippen LogP contribution in [-0.4, -0.2) is 18.3 Å². The number of aryl methyl sites for hydroxylation is 1. The summed E-state index contributed by atoms with van der Waals surface area (Å²) in [5.74, 6) is 0.801. The molecule has 112 valence electrons. The van der Waals surface area contributed by atoms with E-state index in [1.54, 1.807) is 11.8 Å². The van der Waals surface area contributed by atoms with Crippen LogP contribution in [0.3, 0.4) is 0 Å². The van der Waals surface area contributed by atoms with Gasteiger partial charge in [0.15, 0.2) is 0 Å². The van der Waals surface area contributed by atoms with Gasteiger partial charge >= 0.3 is 0 Å². The van der Waals surface area contributed by atoms with Gasteiger partial charge in [-0.2, -0.15) is 0 Å². The first-order valence-electron chi connectivity index (χ1n) is 7.34. The van der Waals surface area contributed by atoms with E-state index in [1.807, 2.05) is 12.1 Å². The molecule has 0 amide bonds. The van der Waals surface area contributed by atoms with Gasteiger partial charge in [-0.05, 0) is 49.7 Å². The van der Waals surface area contributed by atoms with Gasteiger partial charge in [0.2, 0.25) is 0 Å². The van der Waals surface area contributed by atoms with E-state index in [9.17, 15) is 4.39 Å².